The molecule has 0 aliphatic heterocycles. The first kappa shape index (κ1) is 29.4. The van der Waals surface area contributed by atoms with E-state index in [1.807, 2.05) is 0 Å². The van der Waals surface area contributed by atoms with E-state index in [4.69, 9.17) is 19.7 Å². The summed E-state index contributed by atoms with van der Waals surface area (Å²) in [5.74, 6) is -1.11. The third-order valence-electron chi connectivity index (χ3n) is 2.91. The Morgan fingerprint density at radius 2 is 1.33 bits per heavy atom. The summed E-state index contributed by atoms with van der Waals surface area (Å²) >= 11 is 15.6. The number of hydrogen-bond acceptors (Lipinski definition) is 11. The Kier molecular flexibility index (Phi) is 17.5. The molecule has 27 heavy (non-hydrogen) atoms. The van der Waals surface area contributed by atoms with Crippen LogP contribution in [-0.4, -0.2) is 61.5 Å². The van der Waals surface area contributed by atoms with Crippen LogP contribution < -0.4 is 0 Å². The molecule has 162 valence electrons. The minimum absolute atomic E-state index is 0.122. The van der Waals surface area contributed by atoms with Crippen LogP contribution in [-0.2, 0) is 19.1 Å². The summed E-state index contributed by atoms with van der Waals surface area (Å²) in [6.07, 6.45) is 2.74. The lowest BCUT2D eigenvalue weighted by Crippen LogP contribution is -2.29. The molecule has 3 N–H and O–H groups in total. The van der Waals surface area contributed by atoms with E-state index < -0.39 is 26.4 Å². The van der Waals surface area contributed by atoms with Crippen LogP contribution in [0.25, 0.3) is 0 Å². The van der Waals surface area contributed by atoms with Gasteiger partial charge in [-0.25, -0.2) is 9.59 Å². The largest absolute Gasteiger partial charge is 0.464 e. The van der Waals surface area contributed by atoms with Gasteiger partial charge in [0.2, 0.25) is 6.29 Å². The van der Waals surface area contributed by atoms with Crippen molar-refractivity contribution in [3.8, 4) is 0 Å². The minimum Gasteiger partial charge on any atom is -0.464 e. The molecule has 0 aromatic carbocycles. The SMILES string of the molecule is CC(S)(S)C(=O)OC(O)CCCCCO.CC(S)(S)C(=O)OCCCCO. The second-order valence-electron chi connectivity index (χ2n) is 6.04. The van der Waals surface area contributed by atoms with Gasteiger partial charge in [0.05, 0.1) is 6.61 Å². The van der Waals surface area contributed by atoms with Crippen LogP contribution in [0.1, 0.15) is 52.4 Å². The maximum atomic E-state index is 11.2. The zero-order valence-corrected chi connectivity index (χ0v) is 19.3. The Labute approximate surface area is 183 Å². The van der Waals surface area contributed by atoms with E-state index in [0.717, 1.165) is 6.42 Å². The number of ether oxygens (including phenoxy) is 2. The molecular weight excluding hydrogens is 432 g/mol. The summed E-state index contributed by atoms with van der Waals surface area (Å²) in [5.41, 5.74) is 0. The predicted molar refractivity (Wildman–Crippen MR) is 118 cm³/mol. The highest BCUT2D eigenvalue weighted by Gasteiger charge is 2.27. The number of aliphatic hydroxyl groups excluding tert-OH is 3. The fourth-order valence-electron chi connectivity index (χ4n) is 1.42. The zero-order valence-electron chi connectivity index (χ0n) is 15.7. The second kappa shape index (κ2) is 16.1. The van der Waals surface area contributed by atoms with Crippen LogP contribution in [0.4, 0.5) is 0 Å². The highest BCUT2D eigenvalue weighted by atomic mass is 32.2. The first-order valence-corrected chi connectivity index (χ1v) is 10.3. The Morgan fingerprint density at radius 1 is 0.852 bits per heavy atom. The van der Waals surface area contributed by atoms with Crippen molar-refractivity contribution in [2.24, 2.45) is 0 Å². The van der Waals surface area contributed by atoms with Crippen molar-refractivity contribution in [2.75, 3.05) is 19.8 Å². The quantitative estimate of drug-likeness (QED) is 0.102. The number of esters is 2. The minimum atomic E-state index is -1.19. The van der Waals surface area contributed by atoms with E-state index in [0.29, 0.717) is 38.7 Å². The molecule has 0 fully saturated rings. The molecule has 0 aliphatic rings. The second-order valence-corrected chi connectivity index (χ2v) is 10.3. The summed E-state index contributed by atoms with van der Waals surface area (Å²) < 4.78 is 7.29. The molecule has 1 atom stereocenters. The first-order chi connectivity index (χ1) is 12.4. The Bertz CT molecular complexity index is 409. The monoisotopic (exact) mass is 464 g/mol. The van der Waals surface area contributed by atoms with Crippen LogP contribution in [0.3, 0.4) is 0 Å². The number of thiol groups is 4. The van der Waals surface area contributed by atoms with Gasteiger partial charge in [0.1, 0.15) is 0 Å². The topological polar surface area (TPSA) is 113 Å². The Morgan fingerprint density at radius 3 is 1.78 bits per heavy atom. The van der Waals surface area contributed by atoms with Gasteiger partial charge in [-0.15, -0.1) is 0 Å². The van der Waals surface area contributed by atoms with Gasteiger partial charge < -0.3 is 24.8 Å². The van der Waals surface area contributed by atoms with Gasteiger partial charge in [-0.2, -0.15) is 50.5 Å². The molecule has 0 rings (SSSR count). The van der Waals surface area contributed by atoms with Crippen molar-refractivity contribution >= 4 is 62.5 Å². The van der Waals surface area contributed by atoms with E-state index in [9.17, 15) is 14.7 Å². The molecule has 11 heteroatoms. The zero-order chi connectivity index (χ0) is 21.5. The number of rotatable bonds is 12. The predicted octanol–water partition coefficient (Wildman–Crippen LogP) is 1.85. The molecule has 0 aliphatic carbocycles. The van der Waals surface area contributed by atoms with Crippen LogP contribution in [0.5, 0.6) is 0 Å². The average molecular weight is 465 g/mol. The van der Waals surface area contributed by atoms with E-state index in [1.165, 1.54) is 6.92 Å². The Balaban J connectivity index is 0. The lowest BCUT2D eigenvalue weighted by Gasteiger charge is -2.18. The molecule has 0 aromatic heterocycles. The lowest BCUT2D eigenvalue weighted by molar-refractivity contribution is -0.168. The highest BCUT2D eigenvalue weighted by Crippen LogP contribution is 2.21. The van der Waals surface area contributed by atoms with Gasteiger partial charge in [0, 0.05) is 19.6 Å². The summed E-state index contributed by atoms with van der Waals surface area (Å²) in [7, 11) is 0. The highest BCUT2D eigenvalue weighted by molar-refractivity contribution is 8.02. The lowest BCUT2D eigenvalue weighted by atomic mass is 10.2. The molecule has 0 heterocycles. The van der Waals surface area contributed by atoms with E-state index in [1.54, 1.807) is 6.92 Å². The van der Waals surface area contributed by atoms with Gasteiger partial charge in [-0.05, 0) is 39.5 Å². The molecule has 0 radical (unpaired) electrons. The number of hydrogen-bond donors (Lipinski definition) is 7. The van der Waals surface area contributed by atoms with Gasteiger partial charge in [-0.1, -0.05) is 6.42 Å². The van der Waals surface area contributed by atoms with E-state index >= 15 is 0 Å². The van der Waals surface area contributed by atoms with Crippen molar-refractivity contribution in [3.05, 3.63) is 0 Å². The molecule has 1 unspecified atom stereocenters. The number of carbonyl (C=O) groups is 2. The van der Waals surface area contributed by atoms with Crippen LogP contribution in [0.2, 0.25) is 0 Å². The van der Waals surface area contributed by atoms with Crippen molar-refractivity contribution in [1.82, 2.24) is 0 Å². The van der Waals surface area contributed by atoms with Crippen LogP contribution in [0, 0.1) is 0 Å². The van der Waals surface area contributed by atoms with E-state index in [2.05, 4.69) is 50.5 Å². The third kappa shape index (κ3) is 19.3. The fourth-order valence-corrected chi connectivity index (χ4v) is 1.65. The molecule has 0 saturated carbocycles. The van der Waals surface area contributed by atoms with Crippen LogP contribution >= 0.6 is 50.5 Å². The molecule has 0 saturated heterocycles. The molecule has 0 spiro atoms. The maximum Gasteiger partial charge on any atom is 0.334 e. The normalized spacial score (nSPS) is 12.6. The summed E-state index contributed by atoms with van der Waals surface area (Å²) in [4.78, 5) is 22.2. The van der Waals surface area contributed by atoms with Crippen molar-refractivity contribution < 1.29 is 34.4 Å². The van der Waals surface area contributed by atoms with Crippen molar-refractivity contribution in [3.63, 3.8) is 0 Å². The molecule has 0 bridgehead atoms. The molecule has 0 amide bonds. The summed E-state index contributed by atoms with van der Waals surface area (Å²) in [6.45, 7) is 3.60. The van der Waals surface area contributed by atoms with Gasteiger partial charge in [-0.3, -0.25) is 0 Å². The summed E-state index contributed by atoms with van der Waals surface area (Å²) in [5, 5.41) is 26.2. The van der Waals surface area contributed by atoms with E-state index in [-0.39, 0.29) is 13.2 Å². The van der Waals surface area contributed by atoms with Crippen molar-refractivity contribution in [1.29, 1.82) is 0 Å². The number of unbranched alkanes of at least 4 members (excludes halogenated alkanes) is 3. The molecule has 0 aromatic rings. The number of aliphatic hydroxyl groups is 3. The first-order valence-electron chi connectivity index (χ1n) is 8.53. The van der Waals surface area contributed by atoms with Gasteiger partial charge in [0.15, 0.2) is 8.16 Å². The van der Waals surface area contributed by atoms with Gasteiger partial charge in [0.25, 0.3) is 0 Å². The van der Waals surface area contributed by atoms with Crippen molar-refractivity contribution in [2.45, 2.75) is 66.8 Å². The smallest absolute Gasteiger partial charge is 0.334 e. The number of carbonyl (C=O) groups excluding carboxylic acids is 2. The maximum absolute atomic E-state index is 11.2. The molecule has 7 nitrogen and oxygen atoms in total. The third-order valence-corrected chi connectivity index (χ3v) is 3.64. The standard InChI is InChI=1S/C9H18O4S2.C7H14O3S2/c1-9(14,15)8(12)13-7(11)5-3-2-4-6-10;1-7(11,12)6(9)10-5-3-2-4-8/h7,10-11,14-15H,2-6H2,1H3;8,11-12H,2-5H2,1H3. The Hall–Kier alpha value is 0.220. The summed E-state index contributed by atoms with van der Waals surface area (Å²) in [6, 6.07) is 0. The van der Waals surface area contributed by atoms with Gasteiger partial charge >= 0.3 is 11.9 Å². The molecular formula is C16H32O7S4. The van der Waals surface area contributed by atoms with Crippen LogP contribution in [0.15, 0.2) is 0 Å². The fraction of sp³-hybridized carbons (Fsp3) is 0.875. The average Bonchev–Trinajstić information content (AvgIpc) is 2.54.